The van der Waals surface area contributed by atoms with Gasteiger partial charge in [-0.15, -0.1) is 0 Å². The van der Waals surface area contributed by atoms with E-state index in [2.05, 4.69) is 25.3 Å². The lowest BCUT2D eigenvalue weighted by atomic mass is 10.0. The van der Waals surface area contributed by atoms with Gasteiger partial charge in [0.2, 0.25) is 0 Å². The molecule has 1 rings (SSSR count). The number of morpholine rings is 1. The Morgan fingerprint density at radius 1 is 1.57 bits per heavy atom. The molecule has 0 radical (unpaired) electrons. The van der Waals surface area contributed by atoms with Crippen molar-refractivity contribution in [3.05, 3.63) is 12.3 Å². The van der Waals surface area contributed by atoms with Crippen molar-refractivity contribution in [1.29, 1.82) is 0 Å². The highest BCUT2D eigenvalue weighted by molar-refractivity contribution is 4.93. The molecule has 0 aliphatic carbocycles. The summed E-state index contributed by atoms with van der Waals surface area (Å²) in [6, 6.07) is 0. The monoisotopic (exact) mass is 199 g/mol. The van der Waals surface area contributed by atoms with Crippen molar-refractivity contribution in [3.63, 3.8) is 0 Å². The molecular formula is C11H21NO2. The van der Waals surface area contributed by atoms with Gasteiger partial charge < -0.3 is 9.47 Å². The summed E-state index contributed by atoms with van der Waals surface area (Å²) in [7, 11) is 0. The first kappa shape index (κ1) is 11.5. The van der Waals surface area contributed by atoms with Crippen molar-refractivity contribution in [2.45, 2.75) is 26.3 Å². The highest BCUT2D eigenvalue weighted by atomic mass is 16.5. The molecule has 0 aromatic heterocycles. The van der Waals surface area contributed by atoms with Crippen molar-refractivity contribution in [2.24, 2.45) is 0 Å². The van der Waals surface area contributed by atoms with E-state index in [-0.39, 0.29) is 5.54 Å². The molecule has 0 spiro atoms. The van der Waals surface area contributed by atoms with Gasteiger partial charge in [-0.05, 0) is 20.8 Å². The molecule has 0 aromatic carbocycles. The van der Waals surface area contributed by atoms with Gasteiger partial charge in [0.1, 0.15) is 5.76 Å². The van der Waals surface area contributed by atoms with Crippen molar-refractivity contribution in [1.82, 2.24) is 4.90 Å². The average Bonchev–Trinajstić information content (AvgIpc) is 2.09. The predicted molar refractivity (Wildman–Crippen MR) is 57.2 cm³/mol. The van der Waals surface area contributed by atoms with Crippen LogP contribution in [0.4, 0.5) is 0 Å². The van der Waals surface area contributed by atoms with E-state index in [9.17, 15) is 0 Å². The highest BCUT2D eigenvalue weighted by Gasteiger charge is 2.30. The third-order valence-corrected chi connectivity index (χ3v) is 2.53. The topological polar surface area (TPSA) is 21.7 Å². The molecule has 14 heavy (non-hydrogen) atoms. The van der Waals surface area contributed by atoms with Gasteiger partial charge in [0.05, 0.1) is 26.4 Å². The Kier molecular flexibility index (Phi) is 3.96. The van der Waals surface area contributed by atoms with Crippen LogP contribution < -0.4 is 0 Å². The predicted octanol–water partition coefficient (Wildman–Crippen LogP) is 1.65. The van der Waals surface area contributed by atoms with Gasteiger partial charge >= 0.3 is 0 Å². The summed E-state index contributed by atoms with van der Waals surface area (Å²) in [6.07, 6.45) is 0. The van der Waals surface area contributed by atoms with Gasteiger partial charge in [0.15, 0.2) is 0 Å². The second kappa shape index (κ2) is 4.80. The standard InChI is InChI=1S/C11H21NO2/c1-5-14-10(2)8-12-6-7-13-9-11(12,3)4/h2,5-9H2,1,3-4H3. The number of ether oxygens (including phenoxy) is 2. The number of hydrogen-bond acceptors (Lipinski definition) is 3. The molecule has 1 saturated heterocycles. The van der Waals surface area contributed by atoms with Crippen molar-refractivity contribution in [3.8, 4) is 0 Å². The van der Waals surface area contributed by atoms with Gasteiger partial charge in [-0.3, -0.25) is 4.90 Å². The van der Waals surface area contributed by atoms with Crippen LogP contribution in [0.5, 0.6) is 0 Å². The van der Waals surface area contributed by atoms with E-state index >= 15 is 0 Å². The maximum Gasteiger partial charge on any atom is 0.103 e. The first-order valence-corrected chi connectivity index (χ1v) is 5.19. The fraction of sp³-hybridized carbons (Fsp3) is 0.818. The normalized spacial score (nSPS) is 21.9. The second-order valence-electron chi connectivity index (χ2n) is 4.26. The molecule has 0 N–H and O–H groups in total. The Morgan fingerprint density at radius 2 is 2.29 bits per heavy atom. The summed E-state index contributed by atoms with van der Waals surface area (Å²) < 4.78 is 10.8. The molecule has 1 aliphatic heterocycles. The van der Waals surface area contributed by atoms with Crippen molar-refractivity contribution >= 4 is 0 Å². The minimum Gasteiger partial charge on any atom is -0.497 e. The van der Waals surface area contributed by atoms with E-state index in [1.54, 1.807) is 0 Å². The molecule has 0 unspecified atom stereocenters. The van der Waals surface area contributed by atoms with Crippen LogP contribution in [0, 0.1) is 0 Å². The lowest BCUT2D eigenvalue weighted by Gasteiger charge is -2.42. The Morgan fingerprint density at radius 3 is 2.86 bits per heavy atom. The van der Waals surface area contributed by atoms with Crippen molar-refractivity contribution < 1.29 is 9.47 Å². The lowest BCUT2D eigenvalue weighted by Crippen LogP contribution is -2.53. The molecular weight excluding hydrogens is 178 g/mol. The molecule has 0 atom stereocenters. The minimum atomic E-state index is 0.0955. The van der Waals surface area contributed by atoms with E-state index in [0.29, 0.717) is 6.61 Å². The second-order valence-corrected chi connectivity index (χ2v) is 4.26. The van der Waals surface area contributed by atoms with Crippen LogP contribution >= 0.6 is 0 Å². The average molecular weight is 199 g/mol. The maximum absolute atomic E-state index is 5.44. The number of nitrogens with zero attached hydrogens (tertiary/aromatic N) is 1. The van der Waals surface area contributed by atoms with Gasteiger partial charge in [-0.2, -0.15) is 0 Å². The molecule has 0 saturated carbocycles. The lowest BCUT2D eigenvalue weighted by molar-refractivity contribution is -0.0516. The first-order valence-electron chi connectivity index (χ1n) is 5.19. The van der Waals surface area contributed by atoms with Crippen molar-refractivity contribution in [2.75, 3.05) is 32.9 Å². The fourth-order valence-electron chi connectivity index (χ4n) is 1.65. The zero-order valence-corrected chi connectivity index (χ0v) is 9.51. The van der Waals surface area contributed by atoms with Gasteiger partial charge in [-0.25, -0.2) is 0 Å². The zero-order valence-electron chi connectivity index (χ0n) is 9.51. The molecule has 1 fully saturated rings. The quantitative estimate of drug-likeness (QED) is 0.643. The molecule has 1 aliphatic rings. The smallest absolute Gasteiger partial charge is 0.103 e. The Bertz CT molecular complexity index is 201. The first-order chi connectivity index (χ1) is 6.56. The minimum absolute atomic E-state index is 0.0955. The molecule has 3 heteroatoms. The van der Waals surface area contributed by atoms with Crippen LogP contribution in [-0.4, -0.2) is 43.3 Å². The number of rotatable bonds is 4. The number of hydrogen-bond donors (Lipinski definition) is 0. The van der Waals surface area contributed by atoms with Crippen LogP contribution in [0.2, 0.25) is 0 Å². The SMILES string of the molecule is C=C(CN1CCOCC1(C)C)OCC. The third-order valence-electron chi connectivity index (χ3n) is 2.53. The van der Waals surface area contributed by atoms with Crippen LogP contribution in [0.1, 0.15) is 20.8 Å². The molecule has 0 bridgehead atoms. The summed E-state index contributed by atoms with van der Waals surface area (Å²) in [5, 5.41) is 0. The molecule has 3 nitrogen and oxygen atoms in total. The third kappa shape index (κ3) is 3.00. The Labute approximate surface area is 86.7 Å². The van der Waals surface area contributed by atoms with Gasteiger partial charge in [0, 0.05) is 12.1 Å². The molecule has 0 amide bonds. The summed E-state index contributed by atoms with van der Waals surface area (Å²) in [5.74, 6) is 0.850. The van der Waals surface area contributed by atoms with Gasteiger partial charge in [-0.1, -0.05) is 6.58 Å². The van der Waals surface area contributed by atoms with Crippen LogP contribution in [-0.2, 0) is 9.47 Å². The summed E-state index contributed by atoms with van der Waals surface area (Å²) in [4.78, 5) is 2.36. The highest BCUT2D eigenvalue weighted by Crippen LogP contribution is 2.19. The van der Waals surface area contributed by atoms with E-state index in [1.165, 1.54) is 0 Å². The largest absolute Gasteiger partial charge is 0.497 e. The summed E-state index contributed by atoms with van der Waals surface area (Å²) in [6.45, 7) is 14.3. The van der Waals surface area contributed by atoms with E-state index in [4.69, 9.17) is 9.47 Å². The maximum atomic E-state index is 5.44. The fourth-order valence-corrected chi connectivity index (χ4v) is 1.65. The zero-order chi connectivity index (χ0) is 10.6. The van der Waals surface area contributed by atoms with Crippen LogP contribution in [0.15, 0.2) is 12.3 Å². The van der Waals surface area contributed by atoms with Gasteiger partial charge in [0.25, 0.3) is 0 Å². The van der Waals surface area contributed by atoms with Crippen LogP contribution in [0.3, 0.4) is 0 Å². The molecule has 1 heterocycles. The molecule has 0 aromatic rings. The summed E-state index contributed by atoms with van der Waals surface area (Å²) >= 11 is 0. The van der Waals surface area contributed by atoms with E-state index in [1.807, 2.05) is 6.92 Å². The Hall–Kier alpha value is -0.540. The van der Waals surface area contributed by atoms with E-state index < -0.39 is 0 Å². The van der Waals surface area contributed by atoms with Crippen LogP contribution in [0.25, 0.3) is 0 Å². The summed E-state index contributed by atoms with van der Waals surface area (Å²) in [5.41, 5.74) is 0.0955. The molecule has 82 valence electrons. The Balaban J connectivity index is 2.45. The van der Waals surface area contributed by atoms with E-state index in [0.717, 1.165) is 32.1 Å².